The number of anilines is 1. The van der Waals surface area contributed by atoms with Crippen molar-refractivity contribution in [2.45, 2.75) is 13.0 Å². The van der Waals surface area contributed by atoms with Crippen LogP contribution in [0.4, 0.5) is 9.80 Å². The van der Waals surface area contributed by atoms with E-state index in [4.69, 9.17) is 4.74 Å². The first-order valence-corrected chi connectivity index (χ1v) is 8.09. The largest absolute Gasteiger partial charge is 0.472 e. The molecule has 2 aromatic heterocycles. The van der Waals surface area contributed by atoms with Crippen LogP contribution < -0.4 is 15.4 Å². The lowest BCUT2D eigenvalue weighted by molar-refractivity contribution is 0.251. The van der Waals surface area contributed by atoms with Gasteiger partial charge in [-0.2, -0.15) is 4.37 Å². The molecule has 2 N–H and O–H groups in total. The number of carbonyl (C=O) groups is 1. The van der Waals surface area contributed by atoms with Gasteiger partial charge < -0.3 is 15.0 Å². The molecule has 0 atom stereocenters. The van der Waals surface area contributed by atoms with Gasteiger partial charge in [-0.1, -0.05) is 6.07 Å². The summed E-state index contributed by atoms with van der Waals surface area (Å²) >= 11 is 1.19. The molecule has 124 valence electrons. The van der Waals surface area contributed by atoms with Gasteiger partial charge >= 0.3 is 6.03 Å². The van der Waals surface area contributed by atoms with E-state index in [0.717, 1.165) is 18.5 Å². The first-order chi connectivity index (χ1) is 11.1. The van der Waals surface area contributed by atoms with Gasteiger partial charge in [0, 0.05) is 30.6 Å². The van der Waals surface area contributed by atoms with Crippen LogP contribution in [0.15, 0.2) is 30.6 Å². The number of aromatic nitrogens is 2. The number of pyridine rings is 1. The second-order valence-corrected chi connectivity index (χ2v) is 6.02. The van der Waals surface area contributed by atoms with Gasteiger partial charge in [-0.3, -0.25) is 10.3 Å². The normalized spacial score (nSPS) is 10.6. The summed E-state index contributed by atoms with van der Waals surface area (Å²) in [6.45, 7) is 1.97. The third-order valence-electron chi connectivity index (χ3n) is 2.90. The quantitative estimate of drug-likeness (QED) is 0.723. The summed E-state index contributed by atoms with van der Waals surface area (Å²) in [5.74, 6) is 0.488. The molecule has 0 fully saturated rings. The van der Waals surface area contributed by atoms with Crippen LogP contribution in [0.2, 0.25) is 0 Å². The van der Waals surface area contributed by atoms with E-state index in [2.05, 4.69) is 24.9 Å². The zero-order chi connectivity index (χ0) is 16.5. The molecule has 0 aliphatic carbocycles. The molecule has 0 spiro atoms. The maximum atomic E-state index is 11.7. The van der Waals surface area contributed by atoms with E-state index in [0.29, 0.717) is 24.0 Å². The number of urea groups is 1. The molecule has 0 radical (unpaired) electrons. The lowest BCUT2D eigenvalue weighted by atomic mass is 10.3. The smallest absolute Gasteiger partial charge is 0.319 e. The SMILES string of the molecule is CN(C)CCCNC(=O)Nc1cc(OCc2cccnc2)ns1. The summed E-state index contributed by atoms with van der Waals surface area (Å²) in [5.41, 5.74) is 0.966. The molecule has 23 heavy (non-hydrogen) atoms. The lowest BCUT2D eigenvalue weighted by Crippen LogP contribution is -2.30. The molecule has 0 saturated heterocycles. The second kappa shape index (κ2) is 9.06. The standard InChI is InChI=1S/C15H21N5O2S/c1-20(2)8-4-7-17-15(21)18-14-9-13(19-23-14)22-11-12-5-3-6-16-10-12/h3,5-6,9-10H,4,7-8,11H2,1-2H3,(H2,17,18,21). The van der Waals surface area contributed by atoms with Crippen molar-refractivity contribution in [1.82, 2.24) is 19.6 Å². The Labute approximate surface area is 139 Å². The van der Waals surface area contributed by atoms with Crippen LogP contribution in [0.5, 0.6) is 5.88 Å². The predicted octanol–water partition coefficient (Wildman–Crippen LogP) is 2.19. The van der Waals surface area contributed by atoms with Gasteiger partial charge in [0.05, 0.1) is 0 Å². The molecule has 0 aromatic carbocycles. The summed E-state index contributed by atoms with van der Waals surface area (Å²) < 4.78 is 9.72. The molecule has 7 nitrogen and oxygen atoms in total. The number of hydrogen-bond acceptors (Lipinski definition) is 6. The minimum atomic E-state index is -0.230. The molecule has 0 unspecified atom stereocenters. The maximum absolute atomic E-state index is 11.7. The van der Waals surface area contributed by atoms with Crippen LogP contribution >= 0.6 is 11.5 Å². The Morgan fingerprint density at radius 1 is 1.43 bits per heavy atom. The van der Waals surface area contributed by atoms with Gasteiger partial charge in [-0.05, 0) is 44.7 Å². The number of carbonyl (C=O) groups excluding carboxylic acids is 1. The number of ether oxygens (including phenoxy) is 1. The fourth-order valence-corrected chi connectivity index (χ4v) is 2.37. The fourth-order valence-electron chi connectivity index (χ4n) is 1.78. The van der Waals surface area contributed by atoms with Crippen molar-refractivity contribution in [2.75, 3.05) is 32.5 Å². The van der Waals surface area contributed by atoms with Gasteiger partial charge in [-0.25, -0.2) is 4.79 Å². The number of amides is 2. The zero-order valence-electron chi connectivity index (χ0n) is 13.3. The van der Waals surface area contributed by atoms with E-state index in [1.165, 1.54) is 11.5 Å². The lowest BCUT2D eigenvalue weighted by Gasteiger charge is -2.09. The molecule has 2 aromatic rings. The highest BCUT2D eigenvalue weighted by atomic mass is 32.1. The third-order valence-corrected chi connectivity index (χ3v) is 3.59. The van der Waals surface area contributed by atoms with Gasteiger partial charge in [0.1, 0.15) is 11.6 Å². The summed E-state index contributed by atoms with van der Waals surface area (Å²) in [7, 11) is 4.01. The average Bonchev–Trinajstić information content (AvgIpc) is 2.98. The van der Waals surface area contributed by atoms with Crippen molar-refractivity contribution < 1.29 is 9.53 Å². The summed E-state index contributed by atoms with van der Waals surface area (Å²) in [5, 5.41) is 6.20. The molecule has 2 amide bonds. The average molecular weight is 335 g/mol. The molecular weight excluding hydrogens is 314 g/mol. The minimum absolute atomic E-state index is 0.230. The highest BCUT2D eigenvalue weighted by Crippen LogP contribution is 2.22. The van der Waals surface area contributed by atoms with Crippen LogP contribution in [-0.2, 0) is 6.61 Å². The van der Waals surface area contributed by atoms with E-state index in [1.807, 2.05) is 26.2 Å². The first kappa shape index (κ1) is 17.2. The number of nitrogens with one attached hydrogen (secondary N) is 2. The van der Waals surface area contributed by atoms with Crippen LogP contribution in [-0.4, -0.2) is 47.5 Å². The Morgan fingerprint density at radius 3 is 3.04 bits per heavy atom. The highest BCUT2D eigenvalue weighted by Gasteiger charge is 2.07. The first-order valence-electron chi connectivity index (χ1n) is 7.31. The fraction of sp³-hybridized carbons (Fsp3) is 0.400. The molecule has 0 saturated carbocycles. The third kappa shape index (κ3) is 6.62. The minimum Gasteiger partial charge on any atom is -0.472 e. The summed E-state index contributed by atoms with van der Waals surface area (Å²) in [4.78, 5) is 17.8. The predicted molar refractivity (Wildman–Crippen MR) is 90.9 cm³/mol. The number of nitrogens with zero attached hydrogens (tertiary/aromatic N) is 3. The van der Waals surface area contributed by atoms with Crippen LogP contribution in [0.1, 0.15) is 12.0 Å². The maximum Gasteiger partial charge on any atom is 0.319 e. The molecule has 0 bridgehead atoms. The van der Waals surface area contributed by atoms with Crippen LogP contribution in [0, 0.1) is 0 Å². The van der Waals surface area contributed by atoms with E-state index in [9.17, 15) is 4.79 Å². The number of hydrogen-bond donors (Lipinski definition) is 2. The zero-order valence-corrected chi connectivity index (χ0v) is 14.1. The molecule has 8 heteroatoms. The second-order valence-electron chi connectivity index (χ2n) is 5.22. The highest BCUT2D eigenvalue weighted by molar-refractivity contribution is 7.10. The molecule has 2 heterocycles. The van der Waals surface area contributed by atoms with Crippen molar-refractivity contribution >= 4 is 22.6 Å². The summed E-state index contributed by atoms with van der Waals surface area (Å²) in [6, 6.07) is 5.26. The Balaban J connectivity index is 1.70. The van der Waals surface area contributed by atoms with Crippen molar-refractivity contribution in [3.05, 3.63) is 36.2 Å². The topological polar surface area (TPSA) is 79.4 Å². The summed E-state index contributed by atoms with van der Waals surface area (Å²) in [6.07, 6.45) is 4.36. The molecule has 0 aliphatic heterocycles. The van der Waals surface area contributed by atoms with Crippen LogP contribution in [0.25, 0.3) is 0 Å². The molecule has 2 rings (SSSR count). The van der Waals surface area contributed by atoms with Crippen LogP contribution in [0.3, 0.4) is 0 Å². The van der Waals surface area contributed by atoms with Crippen molar-refractivity contribution in [1.29, 1.82) is 0 Å². The van der Waals surface area contributed by atoms with E-state index in [-0.39, 0.29) is 6.03 Å². The van der Waals surface area contributed by atoms with Crippen molar-refractivity contribution in [2.24, 2.45) is 0 Å². The molecule has 0 aliphatic rings. The Hall–Kier alpha value is -2.19. The van der Waals surface area contributed by atoms with Gasteiger partial charge in [0.15, 0.2) is 0 Å². The monoisotopic (exact) mass is 335 g/mol. The Morgan fingerprint density at radius 2 is 2.30 bits per heavy atom. The van der Waals surface area contributed by atoms with Gasteiger partial charge in [0.2, 0.25) is 5.88 Å². The van der Waals surface area contributed by atoms with E-state index >= 15 is 0 Å². The van der Waals surface area contributed by atoms with Crippen molar-refractivity contribution in [3.8, 4) is 5.88 Å². The Bertz CT molecular complexity index is 603. The van der Waals surface area contributed by atoms with E-state index in [1.54, 1.807) is 18.5 Å². The number of rotatable bonds is 8. The Kier molecular flexibility index (Phi) is 6.76. The van der Waals surface area contributed by atoms with Gasteiger partial charge in [-0.15, -0.1) is 0 Å². The molecular formula is C15H21N5O2S. The van der Waals surface area contributed by atoms with Crippen molar-refractivity contribution in [3.63, 3.8) is 0 Å². The van der Waals surface area contributed by atoms with E-state index < -0.39 is 0 Å². The van der Waals surface area contributed by atoms with Gasteiger partial charge in [0.25, 0.3) is 0 Å².